The van der Waals surface area contributed by atoms with Crippen LogP contribution in [0.3, 0.4) is 0 Å². The van der Waals surface area contributed by atoms with Gasteiger partial charge in [-0.1, -0.05) is 26.0 Å². The molecule has 0 amide bonds. The summed E-state index contributed by atoms with van der Waals surface area (Å²) in [4.78, 5) is 31.9. The molecule has 7 nitrogen and oxygen atoms in total. The number of rotatable bonds is 5. The lowest BCUT2D eigenvalue weighted by Gasteiger charge is -2.10. The summed E-state index contributed by atoms with van der Waals surface area (Å²) in [6.45, 7) is 4.11. The zero-order valence-corrected chi connectivity index (χ0v) is 18.3. The molecule has 0 aliphatic carbocycles. The van der Waals surface area contributed by atoms with Gasteiger partial charge in [-0.15, -0.1) is 0 Å². The van der Waals surface area contributed by atoms with Gasteiger partial charge in [0.2, 0.25) is 0 Å². The van der Waals surface area contributed by atoms with E-state index in [4.69, 9.17) is 0 Å². The molecule has 5 aromatic rings. The number of hydrogen-bond acceptors (Lipinski definition) is 7. The highest BCUT2D eigenvalue weighted by atomic mass is 15.1. The van der Waals surface area contributed by atoms with Crippen molar-refractivity contribution in [3.05, 3.63) is 91.3 Å². The highest BCUT2D eigenvalue weighted by molar-refractivity contribution is 5.64. The third kappa shape index (κ3) is 4.48. The minimum atomic E-state index is 0.131. The van der Waals surface area contributed by atoms with Crippen molar-refractivity contribution >= 4 is 0 Å². The Kier molecular flexibility index (Phi) is 5.59. The maximum atomic E-state index is 4.68. The molecule has 0 unspecified atom stereocenters. The molecule has 0 bridgehead atoms. The first kappa shape index (κ1) is 20.5. The summed E-state index contributed by atoms with van der Waals surface area (Å²) in [5.41, 5.74) is 4.95. The Bertz CT molecular complexity index is 1250. The largest absolute Gasteiger partial charge is 0.256 e. The first-order chi connectivity index (χ1) is 16.2. The van der Waals surface area contributed by atoms with E-state index in [0.717, 1.165) is 22.5 Å². The van der Waals surface area contributed by atoms with E-state index >= 15 is 0 Å². The van der Waals surface area contributed by atoms with Gasteiger partial charge in [0.1, 0.15) is 17.2 Å². The van der Waals surface area contributed by atoms with E-state index in [-0.39, 0.29) is 5.92 Å². The van der Waals surface area contributed by atoms with Gasteiger partial charge in [0.05, 0.1) is 11.4 Å². The van der Waals surface area contributed by atoms with Crippen LogP contribution in [0.15, 0.2) is 85.5 Å². The van der Waals surface area contributed by atoms with E-state index in [1.807, 2.05) is 60.7 Å². The van der Waals surface area contributed by atoms with Gasteiger partial charge in [0, 0.05) is 41.8 Å². The molecule has 0 spiro atoms. The quantitative estimate of drug-likeness (QED) is 0.376. The molecule has 5 heterocycles. The molecule has 0 atom stereocenters. The second-order valence-electron chi connectivity index (χ2n) is 7.79. The summed E-state index contributed by atoms with van der Waals surface area (Å²) in [6, 6.07) is 19.4. The molecular weight excluding hydrogens is 410 g/mol. The normalized spacial score (nSPS) is 11.0. The Labute approximate surface area is 191 Å². The van der Waals surface area contributed by atoms with Crippen molar-refractivity contribution < 1.29 is 0 Å². The van der Waals surface area contributed by atoms with Crippen molar-refractivity contribution in [3.63, 3.8) is 0 Å². The number of nitrogens with zero attached hydrogens (tertiary/aromatic N) is 7. The standard InChI is InChI=1S/C26H21N7/c1-17(2)24-31-25(22-11-9-18(15-29-22)20-7-3-5-13-27-20)33-26(32-24)23-12-10-19(16-30-23)21-8-4-6-14-28-21/h3-17H,1-2H3. The topological polar surface area (TPSA) is 90.2 Å². The summed E-state index contributed by atoms with van der Waals surface area (Å²) < 4.78 is 0. The molecule has 0 aromatic carbocycles. The molecule has 160 valence electrons. The van der Waals surface area contributed by atoms with Crippen LogP contribution in [-0.4, -0.2) is 34.9 Å². The Morgan fingerprint density at radius 3 is 1.39 bits per heavy atom. The van der Waals surface area contributed by atoms with E-state index < -0.39 is 0 Å². The fourth-order valence-corrected chi connectivity index (χ4v) is 3.30. The zero-order valence-electron chi connectivity index (χ0n) is 18.3. The maximum Gasteiger partial charge on any atom is 0.182 e. The van der Waals surface area contributed by atoms with E-state index in [0.29, 0.717) is 28.9 Å². The van der Waals surface area contributed by atoms with Gasteiger partial charge in [-0.05, 0) is 48.5 Å². The lowest BCUT2D eigenvalue weighted by atomic mass is 10.1. The van der Waals surface area contributed by atoms with Crippen LogP contribution in [0.2, 0.25) is 0 Å². The summed E-state index contributed by atoms with van der Waals surface area (Å²) >= 11 is 0. The zero-order chi connectivity index (χ0) is 22.6. The van der Waals surface area contributed by atoms with E-state index in [2.05, 4.69) is 48.7 Å². The van der Waals surface area contributed by atoms with E-state index in [9.17, 15) is 0 Å². The fourth-order valence-electron chi connectivity index (χ4n) is 3.30. The minimum Gasteiger partial charge on any atom is -0.256 e. The van der Waals surface area contributed by atoms with Gasteiger partial charge in [0.15, 0.2) is 11.6 Å². The van der Waals surface area contributed by atoms with Crippen LogP contribution in [0.5, 0.6) is 0 Å². The van der Waals surface area contributed by atoms with Gasteiger partial charge in [0.25, 0.3) is 0 Å². The van der Waals surface area contributed by atoms with Crippen LogP contribution >= 0.6 is 0 Å². The van der Waals surface area contributed by atoms with Gasteiger partial charge >= 0.3 is 0 Å². The predicted octanol–water partition coefficient (Wildman–Crippen LogP) is 5.24. The maximum absolute atomic E-state index is 4.68. The molecule has 5 rings (SSSR count). The smallest absolute Gasteiger partial charge is 0.182 e. The van der Waals surface area contributed by atoms with Crippen LogP contribution < -0.4 is 0 Å². The molecule has 0 N–H and O–H groups in total. The van der Waals surface area contributed by atoms with Gasteiger partial charge < -0.3 is 0 Å². The molecule has 7 heteroatoms. The molecule has 33 heavy (non-hydrogen) atoms. The van der Waals surface area contributed by atoms with Gasteiger partial charge in [-0.25, -0.2) is 15.0 Å². The second kappa shape index (κ2) is 9.00. The summed E-state index contributed by atoms with van der Waals surface area (Å²) in [7, 11) is 0. The third-order valence-corrected chi connectivity index (χ3v) is 5.08. The number of aromatic nitrogens is 7. The van der Waals surface area contributed by atoms with Crippen LogP contribution in [0, 0.1) is 0 Å². The number of pyridine rings is 4. The minimum absolute atomic E-state index is 0.131. The van der Waals surface area contributed by atoms with Crippen molar-refractivity contribution in [2.24, 2.45) is 0 Å². The molecule has 0 aliphatic rings. The molecule has 0 fully saturated rings. The Morgan fingerprint density at radius 2 is 1.03 bits per heavy atom. The third-order valence-electron chi connectivity index (χ3n) is 5.08. The van der Waals surface area contributed by atoms with E-state index in [1.54, 1.807) is 24.8 Å². The van der Waals surface area contributed by atoms with E-state index in [1.165, 1.54) is 0 Å². The Morgan fingerprint density at radius 1 is 0.515 bits per heavy atom. The lowest BCUT2D eigenvalue weighted by Crippen LogP contribution is -2.06. The van der Waals surface area contributed by atoms with Crippen molar-refractivity contribution in [1.29, 1.82) is 0 Å². The second-order valence-corrected chi connectivity index (χ2v) is 7.79. The Hall–Kier alpha value is -4.39. The van der Waals surface area contributed by atoms with Gasteiger partial charge in [-0.2, -0.15) is 0 Å². The first-order valence-corrected chi connectivity index (χ1v) is 10.7. The Balaban J connectivity index is 1.50. The predicted molar refractivity (Wildman–Crippen MR) is 127 cm³/mol. The van der Waals surface area contributed by atoms with Crippen LogP contribution in [0.25, 0.3) is 45.6 Å². The molecule has 0 saturated heterocycles. The van der Waals surface area contributed by atoms with Gasteiger partial charge in [-0.3, -0.25) is 19.9 Å². The van der Waals surface area contributed by atoms with Crippen molar-refractivity contribution in [1.82, 2.24) is 34.9 Å². The summed E-state index contributed by atoms with van der Waals surface area (Å²) in [5, 5.41) is 0. The lowest BCUT2D eigenvalue weighted by molar-refractivity contribution is 0.764. The summed E-state index contributed by atoms with van der Waals surface area (Å²) in [6.07, 6.45) is 7.11. The van der Waals surface area contributed by atoms with Crippen LogP contribution in [0.1, 0.15) is 25.6 Å². The molecular formula is C26H21N7. The van der Waals surface area contributed by atoms with Crippen molar-refractivity contribution in [2.45, 2.75) is 19.8 Å². The monoisotopic (exact) mass is 431 g/mol. The number of hydrogen-bond donors (Lipinski definition) is 0. The highest BCUT2D eigenvalue weighted by Crippen LogP contribution is 2.24. The van der Waals surface area contributed by atoms with Crippen LogP contribution in [-0.2, 0) is 0 Å². The first-order valence-electron chi connectivity index (χ1n) is 10.7. The molecule has 0 aliphatic heterocycles. The van der Waals surface area contributed by atoms with Crippen molar-refractivity contribution in [3.8, 4) is 45.6 Å². The van der Waals surface area contributed by atoms with Crippen molar-refractivity contribution in [2.75, 3.05) is 0 Å². The average molecular weight is 432 g/mol. The molecule has 5 aromatic heterocycles. The molecule has 0 saturated carbocycles. The van der Waals surface area contributed by atoms with Crippen LogP contribution in [0.4, 0.5) is 0 Å². The summed E-state index contributed by atoms with van der Waals surface area (Å²) in [5.74, 6) is 1.87. The fraction of sp³-hybridized carbons (Fsp3) is 0.115. The average Bonchev–Trinajstić information content (AvgIpc) is 2.89. The SMILES string of the molecule is CC(C)c1nc(-c2ccc(-c3ccccn3)cn2)nc(-c2ccc(-c3ccccn3)cn2)n1. The highest BCUT2D eigenvalue weighted by Gasteiger charge is 2.15. The molecule has 0 radical (unpaired) electrons.